The summed E-state index contributed by atoms with van der Waals surface area (Å²) < 4.78 is 2.51. The largest absolute Gasteiger partial charge is 0.318 e. The Hall–Kier alpha value is -1.09. The molecular weight excluding hydrogens is 254 g/mol. The van der Waals surface area contributed by atoms with Crippen molar-refractivity contribution in [1.29, 1.82) is 0 Å². The molecule has 1 aromatic heterocycles. The minimum absolute atomic E-state index is 0.0406. The molecule has 0 spiro atoms. The van der Waals surface area contributed by atoms with Crippen molar-refractivity contribution in [3.8, 4) is 0 Å². The van der Waals surface area contributed by atoms with Crippen LogP contribution in [0.4, 0.5) is 0 Å². The van der Waals surface area contributed by atoms with Gasteiger partial charge in [-0.3, -0.25) is 4.79 Å². The highest BCUT2D eigenvalue weighted by molar-refractivity contribution is 9.10. The van der Waals surface area contributed by atoms with Crippen molar-refractivity contribution >= 4 is 26.7 Å². The Bertz CT molecular complexity index is 511. The lowest BCUT2D eigenvalue weighted by Crippen LogP contribution is -2.15. The third-order valence-electron chi connectivity index (χ3n) is 2.04. The fourth-order valence-corrected chi connectivity index (χ4v) is 1.67. The second kappa shape index (κ2) is 5.12. The van der Waals surface area contributed by atoms with E-state index in [0.717, 1.165) is 15.2 Å². The highest BCUT2D eigenvalue weighted by Gasteiger charge is 1.99. The molecule has 0 fully saturated rings. The molecule has 0 radical (unpaired) electrons. The van der Waals surface area contributed by atoms with Gasteiger partial charge in [0.05, 0.1) is 0 Å². The summed E-state index contributed by atoms with van der Waals surface area (Å²) in [7, 11) is 1.75. The van der Waals surface area contributed by atoms with Gasteiger partial charge in [-0.05, 0) is 23.6 Å². The molecule has 2 aromatic rings. The summed E-state index contributed by atoms with van der Waals surface area (Å²) in [5.41, 5.74) is 0.0406. The molecule has 2 rings (SSSR count). The van der Waals surface area contributed by atoms with Crippen LogP contribution >= 0.6 is 15.9 Å². The predicted molar refractivity (Wildman–Crippen MR) is 68.2 cm³/mol. The fraction of sp³-hybridized carbons (Fsp3) is 0.250. The average Bonchev–Trinajstić information content (AvgIpc) is 2.27. The van der Waals surface area contributed by atoms with E-state index in [2.05, 4.69) is 15.9 Å². The Kier molecular flexibility index (Phi) is 4.09. The lowest BCUT2D eigenvalue weighted by molar-refractivity contribution is 0.873. The molecule has 0 saturated carbocycles. The van der Waals surface area contributed by atoms with Gasteiger partial charge >= 0.3 is 0 Å². The second-order valence-electron chi connectivity index (χ2n) is 2.96. The Morgan fingerprint density at radius 3 is 2.53 bits per heavy atom. The van der Waals surface area contributed by atoms with Gasteiger partial charge in [0.15, 0.2) is 0 Å². The number of benzene rings is 1. The third kappa shape index (κ3) is 2.48. The van der Waals surface area contributed by atoms with Crippen molar-refractivity contribution < 1.29 is 0 Å². The topological polar surface area (TPSA) is 22.0 Å². The van der Waals surface area contributed by atoms with Crippen LogP contribution in [0.25, 0.3) is 10.8 Å². The van der Waals surface area contributed by atoms with Crippen LogP contribution in [0, 0.1) is 0 Å². The Labute approximate surface area is 97.7 Å². The molecule has 0 aliphatic rings. The van der Waals surface area contributed by atoms with Gasteiger partial charge in [-0.1, -0.05) is 35.8 Å². The molecule has 2 nitrogen and oxygen atoms in total. The molecule has 0 aliphatic heterocycles. The van der Waals surface area contributed by atoms with Crippen molar-refractivity contribution in [2.45, 2.75) is 13.8 Å². The van der Waals surface area contributed by atoms with Crippen LogP contribution in [-0.4, -0.2) is 4.57 Å². The van der Waals surface area contributed by atoms with Gasteiger partial charge in [0, 0.05) is 23.1 Å². The normalized spacial score (nSPS) is 9.60. The van der Waals surface area contributed by atoms with E-state index in [9.17, 15) is 4.79 Å². The van der Waals surface area contributed by atoms with Crippen LogP contribution in [0.3, 0.4) is 0 Å². The molecule has 15 heavy (non-hydrogen) atoms. The molecule has 0 amide bonds. The number of nitrogens with zero attached hydrogens (tertiary/aromatic N) is 1. The summed E-state index contributed by atoms with van der Waals surface area (Å²) in [5, 5.41) is 1.73. The Balaban J connectivity index is 0.000000531. The predicted octanol–water partition coefficient (Wildman–Crippen LogP) is 3.33. The molecule has 0 N–H and O–H groups in total. The summed E-state index contributed by atoms with van der Waals surface area (Å²) in [6, 6.07) is 7.64. The van der Waals surface area contributed by atoms with Crippen LogP contribution in [0.2, 0.25) is 0 Å². The lowest BCUT2D eigenvalue weighted by atomic mass is 10.2. The number of pyridine rings is 1. The van der Waals surface area contributed by atoms with Crippen molar-refractivity contribution in [3.05, 3.63) is 45.3 Å². The molecule has 0 saturated heterocycles. The highest BCUT2D eigenvalue weighted by atomic mass is 79.9. The number of aryl methyl sites for hydroxylation is 1. The monoisotopic (exact) mass is 267 g/mol. The van der Waals surface area contributed by atoms with E-state index >= 15 is 0 Å². The zero-order valence-corrected chi connectivity index (χ0v) is 10.7. The minimum Gasteiger partial charge on any atom is -0.318 e. The maximum atomic E-state index is 11.6. The summed E-state index contributed by atoms with van der Waals surface area (Å²) >= 11 is 3.34. The standard InChI is InChI=1S/C10H8BrNO.C2H6/c1-12-5-4-7-2-3-8(11)6-9(7)10(12)13;1-2/h2-6H,1H3;1-2H3. The summed E-state index contributed by atoms with van der Waals surface area (Å²) in [5.74, 6) is 0. The maximum absolute atomic E-state index is 11.6. The Morgan fingerprint density at radius 2 is 1.87 bits per heavy atom. The number of rotatable bonds is 0. The number of hydrogen-bond acceptors (Lipinski definition) is 1. The molecule has 0 bridgehead atoms. The van der Waals surface area contributed by atoms with Crippen LogP contribution in [0.5, 0.6) is 0 Å². The number of halogens is 1. The number of hydrogen-bond donors (Lipinski definition) is 0. The van der Waals surface area contributed by atoms with Gasteiger partial charge in [0.1, 0.15) is 0 Å². The van der Waals surface area contributed by atoms with Crippen molar-refractivity contribution in [2.24, 2.45) is 7.05 Å². The van der Waals surface area contributed by atoms with Gasteiger partial charge < -0.3 is 4.57 Å². The number of fused-ring (bicyclic) bond motifs is 1. The smallest absolute Gasteiger partial charge is 0.258 e. The van der Waals surface area contributed by atoms with Crippen LogP contribution < -0.4 is 5.56 Å². The highest BCUT2D eigenvalue weighted by Crippen LogP contribution is 2.15. The molecule has 0 aliphatic carbocycles. The van der Waals surface area contributed by atoms with E-state index in [1.165, 1.54) is 0 Å². The first kappa shape index (κ1) is 12.0. The van der Waals surface area contributed by atoms with Gasteiger partial charge in [-0.15, -0.1) is 0 Å². The zero-order valence-electron chi connectivity index (χ0n) is 9.12. The zero-order chi connectivity index (χ0) is 11.4. The summed E-state index contributed by atoms with van der Waals surface area (Å²) in [4.78, 5) is 11.6. The van der Waals surface area contributed by atoms with Crippen LogP contribution in [-0.2, 0) is 7.05 Å². The first-order chi connectivity index (χ1) is 7.18. The summed E-state index contributed by atoms with van der Waals surface area (Å²) in [6.45, 7) is 4.00. The maximum Gasteiger partial charge on any atom is 0.258 e. The van der Waals surface area contributed by atoms with Gasteiger partial charge in [-0.2, -0.15) is 0 Å². The molecule has 80 valence electrons. The second-order valence-corrected chi connectivity index (χ2v) is 3.88. The van der Waals surface area contributed by atoms with E-state index < -0.39 is 0 Å². The van der Waals surface area contributed by atoms with E-state index in [0.29, 0.717) is 0 Å². The van der Waals surface area contributed by atoms with Gasteiger partial charge in [-0.25, -0.2) is 0 Å². The van der Waals surface area contributed by atoms with Gasteiger partial charge in [0.2, 0.25) is 0 Å². The molecule has 3 heteroatoms. The SMILES string of the molecule is CC.Cn1ccc2ccc(Br)cc2c1=O. The quantitative estimate of drug-likeness (QED) is 0.718. The van der Waals surface area contributed by atoms with E-state index in [-0.39, 0.29) is 5.56 Å². The summed E-state index contributed by atoms with van der Waals surface area (Å²) in [6.07, 6.45) is 1.78. The molecule has 0 unspecified atom stereocenters. The van der Waals surface area contributed by atoms with Crippen molar-refractivity contribution in [1.82, 2.24) is 4.57 Å². The van der Waals surface area contributed by atoms with E-state index in [1.807, 2.05) is 38.1 Å². The minimum atomic E-state index is 0.0406. The Morgan fingerprint density at radius 1 is 1.20 bits per heavy atom. The molecular formula is C12H14BrNO. The number of aromatic nitrogens is 1. The van der Waals surface area contributed by atoms with Gasteiger partial charge in [0.25, 0.3) is 5.56 Å². The molecule has 0 atom stereocenters. The van der Waals surface area contributed by atoms with Crippen molar-refractivity contribution in [3.63, 3.8) is 0 Å². The van der Waals surface area contributed by atoms with Crippen LogP contribution in [0.15, 0.2) is 39.7 Å². The average molecular weight is 268 g/mol. The fourth-order valence-electron chi connectivity index (χ4n) is 1.31. The molecule has 1 aromatic carbocycles. The first-order valence-electron chi connectivity index (χ1n) is 4.93. The van der Waals surface area contributed by atoms with Crippen molar-refractivity contribution in [2.75, 3.05) is 0 Å². The van der Waals surface area contributed by atoms with Crippen LogP contribution in [0.1, 0.15) is 13.8 Å². The van der Waals surface area contributed by atoms with E-state index in [1.54, 1.807) is 17.8 Å². The first-order valence-corrected chi connectivity index (χ1v) is 5.73. The molecule has 1 heterocycles. The lowest BCUT2D eigenvalue weighted by Gasteiger charge is -2.00. The third-order valence-corrected chi connectivity index (χ3v) is 2.54. The van der Waals surface area contributed by atoms with E-state index in [4.69, 9.17) is 0 Å².